The Hall–Kier alpha value is -3.56. The highest BCUT2D eigenvalue weighted by Crippen LogP contribution is 2.46. The van der Waals surface area contributed by atoms with E-state index in [1.54, 1.807) is 18.7 Å². The van der Waals surface area contributed by atoms with Crippen LogP contribution >= 0.6 is 11.3 Å². The third-order valence-corrected chi connectivity index (χ3v) is 7.25. The molecule has 5 heterocycles. The Morgan fingerprint density at radius 2 is 2.17 bits per heavy atom. The van der Waals surface area contributed by atoms with E-state index in [2.05, 4.69) is 0 Å². The summed E-state index contributed by atoms with van der Waals surface area (Å²) < 4.78 is 45.2. The van der Waals surface area contributed by atoms with E-state index >= 15 is 0 Å². The number of fused-ring (bicyclic) bond motifs is 3. The molecule has 1 saturated heterocycles. The quantitative estimate of drug-likeness (QED) is 0.413. The van der Waals surface area contributed by atoms with Crippen molar-refractivity contribution < 1.29 is 23.1 Å². The van der Waals surface area contributed by atoms with Crippen LogP contribution in [0.3, 0.4) is 0 Å². The van der Waals surface area contributed by atoms with E-state index < -0.39 is 18.4 Å². The number of nitrogens with zero attached hydrogens (tertiary/aromatic N) is 4. The van der Waals surface area contributed by atoms with Crippen LogP contribution in [-0.2, 0) is 18.4 Å². The molecule has 1 fully saturated rings. The van der Waals surface area contributed by atoms with Gasteiger partial charge in [0.15, 0.2) is 5.69 Å². The van der Waals surface area contributed by atoms with Crippen molar-refractivity contribution in [1.29, 1.82) is 0 Å². The number of hydrogen-bond donors (Lipinski definition) is 0. The van der Waals surface area contributed by atoms with Crippen LogP contribution in [0.1, 0.15) is 27.1 Å². The summed E-state index contributed by atoms with van der Waals surface area (Å²) in [6, 6.07) is 7.72. The molecule has 9 heteroatoms. The van der Waals surface area contributed by atoms with E-state index in [4.69, 9.17) is 23.4 Å². The summed E-state index contributed by atoms with van der Waals surface area (Å²) in [5.41, 5.74) is 3.66. The number of amides is 1. The fraction of sp³-hybridized carbons (Fsp3) is 0.308. The standard InChI is InChI=1S/C26H26N4O4S/c1-26(14-33-15-26)29(3)25(31)23-20-12-34-22-10-21(32-4)18(16-5-7-28(2)11-16)9-19(22)24(20)30(27-23)17-6-8-35-13-17/h5-11,13H,12,14-15H2,1-4H3/i3D3. The molecule has 0 atom stereocenters. The van der Waals surface area contributed by atoms with E-state index in [9.17, 15) is 4.79 Å². The Kier molecular flexibility index (Phi) is 4.28. The molecule has 0 aliphatic carbocycles. The number of benzene rings is 1. The molecule has 0 bridgehead atoms. The van der Waals surface area contributed by atoms with Crippen LogP contribution in [0.25, 0.3) is 28.1 Å². The number of hydrogen-bond acceptors (Lipinski definition) is 6. The van der Waals surface area contributed by atoms with Crippen LogP contribution in [0.4, 0.5) is 0 Å². The summed E-state index contributed by atoms with van der Waals surface area (Å²) in [7, 11) is 3.56. The van der Waals surface area contributed by atoms with Gasteiger partial charge in [-0.3, -0.25) is 4.79 Å². The summed E-state index contributed by atoms with van der Waals surface area (Å²) >= 11 is 1.50. The number of aryl methyl sites for hydroxylation is 1. The zero-order chi connectivity index (χ0) is 26.8. The van der Waals surface area contributed by atoms with Gasteiger partial charge < -0.3 is 23.7 Å². The van der Waals surface area contributed by atoms with Gasteiger partial charge in [-0.25, -0.2) is 4.68 Å². The average Bonchev–Trinajstić information content (AvgIpc) is 3.60. The Bertz CT molecular complexity index is 1540. The lowest BCUT2D eigenvalue weighted by molar-refractivity contribution is -0.108. The van der Waals surface area contributed by atoms with Gasteiger partial charge in [-0.2, -0.15) is 16.4 Å². The summed E-state index contributed by atoms with van der Waals surface area (Å²) in [6.45, 7) is -0.610. The van der Waals surface area contributed by atoms with Crippen LogP contribution in [0.2, 0.25) is 0 Å². The molecule has 2 aliphatic rings. The largest absolute Gasteiger partial charge is 0.496 e. The molecule has 0 spiro atoms. The number of carbonyl (C=O) groups excluding carboxylic acids is 1. The van der Waals surface area contributed by atoms with Crippen molar-refractivity contribution in [2.75, 3.05) is 27.3 Å². The van der Waals surface area contributed by atoms with Gasteiger partial charge in [0.1, 0.15) is 18.1 Å². The van der Waals surface area contributed by atoms with Crippen molar-refractivity contribution in [2.24, 2.45) is 7.05 Å². The predicted octanol–water partition coefficient (Wildman–Crippen LogP) is 4.37. The number of rotatable bonds is 5. The number of thiophene rings is 1. The first-order valence-electron chi connectivity index (χ1n) is 12.7. The van der Waals surface area contributed by atoms with Gasteiger partial charge in [-0.15, -0.1) is 0 Å². The molecule has 0 unspecified atom stereocenters. The second kappa shape index (κ2) is 8.00. The lowest BCUT2D eigenvalue weighted by Gasteiger charge is -2.45. The normalized spacial score (nSPS) is 17.2. The first-order valence-corrected chi connectivity index (χ1v) is 12.1. The molecule has 0 radical (unpaired) electrons. The maximum absolute atomic E-state index is 13.9. The maximum atomic E-state index is 13.9. The van der Waals surface area contributed by atoms with Gasteiger partial charge in [-0.1, -0.05) is 0 Å². The second-order valence-corrected chi connectivity index (χ2v) is 9.88. The smallest absolute Gasteiger partial charge is 0.275 e. The fourth-order valence-electron chi connectivity index (χ4n) is 4.55. The zero-order valence-corrected chi connectivity index (χ0v) is 20.4. The molecule has 6 rings (SSSR count). The van der Waals surface area contributed by atoms with Gasteiger partial charge in [0.25, 0.3) is 5.91 Å². The third-order valence-electron chi connectivity index (χ3n) is 6.58. The van der Waals surface area contributed by atoms with Crippen molar-refractivity contribution in [2.45, 2.75) is 19.1 Å². The second-order valence-electron chi connectivity index (χ2n) is 9.10. The fourth-order valence-corrected chi connectivity index (χ4v) is 5.16. The van der Waals surface area contributed by atoms with Crippen LogP contribution in [0, 0.1) is 0 Å². The average molecular weight is 494 g/mol. The van der Waals surface area contributed by atoms with Crippen molar-refractivity contribution in [3.63, 3.8) is 0 Å². The van der Waals surface area contributed by atoms with Crippen molar-refractivity contribution in [1.82, 2.24) is 19.2 Å². The highest BCUT2D eigenvalue weighted by atomic mass is 32.1. The first-order chi connectivity index (χ1) is 18.1. The van der Waals surface area contributed by atoms with Crippen molar-refractivity contribution >= 4 is 17.2 Å². The molecular weight excluding hydrogens is 464 g/mol. The Labute approximate surface area is 211 Å². The van der Waals surface area contributed by atoms with E-state index in [-0.39, 0.29) is 25.5 Å². The van der Waals surface area contributed by atoms with Gasteiger partial charge in [-0.05, 0) is 30.5 Å². The minimum atomic E-state index is -2.67. The molecule has 1 amide bonds. The summed E-state index contributed by atoms with van der Waals surface area (Å²) in [4.78, 5) is 14.9. The van der Waals surface area contributed by atoms with Crippen molar-refractivity contribution in [3.05, 3.63) is 58.7 Å². The number of methoxy groups -OCH3 is 1. The maximum Gasteiger partial charge on any atom is 0.275 e. The van der Waals surface area contributed by atoms with E-state index in [0.29, 0.717) is 22.8 Å². The minimum Gasteiger partial charge on any atom is -0.496 e. The molecule has 0 N–H and O–H groups in total. The molecule has 2 aliphatic heterocycles. The SMILES string of the molecule is [2H]C([2H])([2H])N(C(=O)c1nn(-c2ccsc2)c2c1COc1cc(OC)c(-c3ccn(C)c3)cc1-2)C1(C)COC1. The number of aromatic nitrogens is 3. The lowest BCUT2D eigenvalue weighted by Crippen LogP contribution is -2.60. The number of carbonyl (C=O) groups is 1. The van der Waals surface area contributed by atoms with Crippen LogP contribution < -0.4 is 9.47 Å². The van der Waals surface area contributed by atoms with Crippen LogP contribution in [-0.4, -0.2) is 58.0 Å². The van der Waals surface area contributed by atoms with E-state index in [0.717, 1.165) is 27.3 Å². The molecule has 35 heavy (non-hydrogen) atoms. The van der Waals surface area contributed by atoms with Gasteiger partial charge >= 0.3 is 0 Å². The molecule has 4 aromatic rings. The Morgan fingerprint density at radius 1 is 1.31 bits per heavy atom. The van der Waals surface area contributed by atoms with E-state index in [1.165, 1.54) is 11.3 Å². The molecule has 1 aromatic carbocycles. The molecule has 3 aromatic heterocycles. The van der Waals surface area contributed by atoms with Gasteiger partial charge in [0, 0.05) is 64.2 Å². The Balaban J connectivity index is 1.57. The summed E-state index contributed by atoms with van der Waals surface area (Å²) in [5.74, 6) is 0.573. The molecular formula is C26H26N4O4S. The Morgan fingerprint density at radius 3 is 2.80 bits per heavy atom. The summed E-state index contributed by atoms with van der Waals surface area (Å²) in [6.07, 6.45) is 3.95. The van der Waals surface area contributed by atoms with Crippen molar-refractivity contribution in [3.8, 4) is 39.6 Å². The summed E-state index contributed by atoms with van der Waals surface area (Å²) in [5, 5.41) is 8.57. The first kappa shape index (κ1) is 18.7. The van der Waals surface area contributed by atoms with Gasteiger partial charge in [0.2, 0.25) is 0 Å². The lowest BCUT2D eigenvalue weighted by atomic mass is 9.95. The third kappa shape index (κ3) is 3.37. The topological polar surface area (TPSA) is 70.8 Å². The molecule has 8 nitrogen and oxygen atoms in total. The van der Waals surface area contributed by atoms with E-state index in [1.807, 2.05) is 59.0 Å². The zero-order valence-electron chi connectivity index (χ0n) is 22.6. The predicted molar refractivity (Wildman–Crippen MR) is 133 cm³/mol. The molecule has 0 saturated carbocycles. The van der Waals surface area contributed by atoms with Crippen LogP contribution in [0.5, 0.6) is 11.5 Å². The number of likely N-dealkylation sites (N-methyl/N-ethyl adjacent to an activating group) is 1. The minimum absolute atomic E-state index is 0.0539. The molecule has 180 valence electrons. The monoisotopic (exact) mass is 493 g/mol. The highest BCUT2D eigenvalue weighted by molar-refractivity contribution is 7.08. The highest BCUT2D eigenvalue weighted by Gasteiger charge is 2.42. The van der Waals surface area contributed by atoms with Crippen LogP contribution in [0.15, 0.2) is 47.4 Å². The number of ether oxygens (including phenoxy) is 3. The van der Waals surface area contributed by atoms with Gasteiger partial charge in [0.05, 0.1) is 37.2 Å².